The maximum atomic E-state index is 13.7. The number of hydrogen-bond donors (Lipinski definition) is 1. The minimum atomic E-state index is -0.322. The first kappa shape index (κ1) is 12.9. The van der Waals surface area contributed by atoms with E-state index in [4.69, 9.17) is 4.42 Å². The molecule has 0 saturated carbocycles. The summed E-state index contributed by atoms with van der Waals surface area (Å²) in [5, 5.41) is 4.17. The molecule has 20 heavy (non-hydrogen) atoms. The van der Waals surface area contributed by atoms with Crippen LogP contribution in [0.3, 0.4) is 0 Å². The fourth-order valence-electron chi connectivity index (χ4n) is 2.42. The summed E-state index contributed by atoms with van der Waals surface area (Å²) in [6.07, 6.45) is 0. The topological polar surface area (TPSA) is 25.2 Å². The molecule has 0 aliphatic heterocycles. The molecule has 0 amide bonds. The van der Waals surface area contributed by atoms with Gasteiger partial charge in [0.1, 0.15) is 5.76 Å². The highest BCUT2D eigenvalue weighted by Crippen LogP contribution is 2.29. The van der Waals surface area contributed by atoms with Crippen molar-refractivity contribution in [1.29, 1.82) is 0 Å². The third kappa shape index (κ3) is 2.32. The quantitative estimate of drug-likeness (QED) is 0.765. The Balaban J connectivity index is 2.08. The lowest BCUT2D eigenvalue weighted by molar-refractivity contribution is 0.465. The molecule has 0 spiro atoms. The van der Waals surface area contributed by atoms with Crippen LogP contribution in [0.1, 0.15) is 24.3 Å². The SMILES string of the molecule is CCNC(c1ccccc1)c1cc2cccc(F)c2o1. The molecular weight excluding hydrogens is 253 g/mol. The number of benzene rings is 2. The molecule has 1 aromatic heterocycles. The molecule has 0 radical (unpaired) electrons. The molecule has 3 heteroatoms. The molecule has 0 saturated heterocycles. The highest BCUT2D eigenvalue weighted by Gasteiger charge is 2.18. The molecule has 1 atom stereocenters. The van der Waals surface area contributed by atoms with Crippen molar-refractivity contribution in [3.63, 3.8) is 0 Å². The van der Waals surface area contributed by atoms with Gasteiger partial charge in [0.25, 0.3) is 0 Å². The van der Waals surface area contributed by atoms with Crippen LogP contribution in [0.4, 0.5) is 4.39 Å². The van der Waals surface area contributed by atoms with Gasteiger partial charge < -0.3 is 9.73 Å². The van der Waals surface area contributed by atoms with Crippen LogP contribution in [-0.2, 0) is 0 Å². The summed E-state index contributed by atoms with van der Waals surface area (Å²) in [7, 11) is 0. The number of nitrogens with one attached hydrogen (secondary N) is 1. The Morgan fingerprint density at radius 3 is 2.60 bits per heavy atom. The van der Waals surface area contributed by atoms with E-state index in [9.17, 15) is 4.39 Å². The smallest absolute Gasteiger partial charge is 0.169 e. The number of furan rings is 1. The Hall–Kier alpha value is -2.13. The molecule has 0 aliphatic carbocycles. The van der Waals surface area contributed by atoms with Gasteiger partial charge in [-0.25, -0.2) is 4.39 Å². The monoisotopic (exact) mass is 269 g/mol. The predicted octanol–water partition coefficient (Wildman–Crippen LogP) is 4.27. The first-order valence-corrected chi connectivity index (χ1v) is 6.76. The first-order valence-electron chi connectivity index (χ1n) is 6.76. The van der Waals surface area contributed by atoms with Crippen molar-refractivity contribution in [3.05, 3.63) is 71.7 Å². The van der Waals surface area contributed by atoms with Gasteiger partial charge in [-0.15, -0.1) is 0 Å². The second kappa shape index (κ2) is 5.47. The van der Waals surface area contributed by atoms with E-state index in [0.29, 0.717) is 5.58 Å². The maximum absolute atomic E-state index is 13.7. The summed E-state index contributed by atoms with van der Waals surface area (Å²) >= 11 is 0. The Morgan fingerprint density at radius 2 is 1.90 bits per heavy atom. The average molecular weight is 269 g/mol. The lowest BCUT2D eigenvalue weighted by atomic mass is 10.0. The van der Waals surface area contributed by atoms with Crippen LogP contribution in [0.25, 0.3) is 11.0 Å². The van der Waals surface area contributed by atoms with Gasteiger partial charge in [0.15, 0.2) is 11.4 Å². The largest absolute Gasteiger partial charge is 0.456 e. The number of fused-ring (bicyclic) bond motifs is 1. The number of halogens is 1. The summed E-state index contributed by atoms with van der Waals surface area (Å²) in [4.78, 5) is 0. The standard InChI is InChI=1S/C17H16FNO/c1-2-19-16(12-7-4-3-5-8-12)15-11-13-9-6-10-14(18)17(13)20-15/h3-11,16,19H,2H2,1H3. The Kier molecular flexibility index (Phi) is 3.52. The van der Waals surface area contributed by atoms with E-state index in [1.807, 2.05) is 49.4 Å². The number of hydrogen-bond acceptors (Lipinski definition) is 2. The van der Waals surface area contributed by atoms with Crippen molar-refractivity contribution >= 4 is 11.0 Å². The molecule has 0 aliphatic rings. The van der Waals surface area contributed by atoms with Gasteiger partial charge in [0.2, 0.25) is 0 Å². The van der Waals surface area contributed by atoms with Crippen molar-refractivity contribution in [2.45, 2.75) is 13.0 Å². The van der Waals surface area contributed by atoms with E-state index in [1.165, 1.54) is 6.07 Å². The van der Waals surface area contributed by atoms with E-state index >= 15 is 0 Å². The molecule has 1 unspecified atom stereocenters. The van der Waals surface area contributed by atoms with Crippen LogP contribution in [0, 0.1) is 5.82 Å². The summed E-state index contributed by atoms with van der Waals surface area (Å²) in [6, 6.07) is 16.8. The lowest BCUT2D eigenvalue weighted by Crippen LogP contribution is -2.21. The van der Waals surface area contributed by atoms with Crippen LogP contribution >= 0.6 is 0 Å². The van der Waals surface area contributed by atoms with Gasteiger partial charge in [-0.05, 0) is 24.2 Å². The van der Waals surface area contributed by atoms with E-state index in [1.54, 1.807) is 6.07 Å². The van der Waals surface area contributed by atoms with Crippen LogP contribution in [0.15, 0.2) is 59.0 Å². The normalized spacial score (nSPS) is 12.7. The fraction of sp³-hybridized carbons (Fsp3) is 0.176. The van der Waals surface area contributed by atoms with Crippen molar-refractivity contribution in [1.82, 2.24) is 5.32 Å². The molecule has 2 aromatic carbocycles. The molecule has 3 rings (SSSR count). The molecule has 0 fully saturated rings. The number of rotatable bonds is 4. The molecule has 3 aromatic rings. The minimum absolute atomic E-state index is 0.0620. The highest BCUT2D eigenvalue weighted by atomic mass is 19.1. The zero-order valence-electron chi connectivity index (χ0n) is 11.3. The molecule has 2 nitrogen and oxygen atoms in total. The maximum Gasteiger partial charge on any atom is 0.169 e. The second-order valence-electron chi connectivity index (χ2n) is 4.71. The van der Waals surface area contributed by atoms with Crippen molar-refractivity contribution in [3.8, 4) is 0 Å². The van der Waals surface area contributed by atoms with Gasteiger partial charge in [-0.2, -0.15) is 0 Å². The van der Waals surface area contributed by atoms with Gasteiger partial charge in [-0.3, -0.25) is 0 Å². The van der Waals surface area contributed by atoms with Crippen molar-refractivity contribution in [2.75, 3.05) is 6.54 Å². The van der Waals surface area contributed by atoms with Crippen LogP contribution in [0.2, 0.25) is 0 Å². The fourth-order valence-corrected chi connectivity index (χ4v) is 2.42. The molecule has 1 N–H and O–H groups in total. The highest BCUT2D eigenvalue weighted by molar-refractivity contribution is 5.78. The summed E-state index contributed by atoms with van der Waals surface area (Å²) in [6.45, 7) is 2.85. The zero-order chi connectivity index (χ0) is 13.9. The van der Waals surface area contributed by atoms with Gasteiger partial charge in [0, 0.05) is 5.39 Å². The van der Waals surface area contributed by atoms with E-state index < -0.39 is 0 Å². The molecule has 1 heterocycles. The van der Waals surface area contributed by atoms with E-state index in [2.05, 4.69) is 5.32 Å². The van der Waals surface area contributed by atoms with Crippen molar-refractivity contribution < 1.29 is 8.81 Å². The summed E-state index contributed by atoms with van der Waals surface area (Å²) in [5.74, 6) is 0.412. The van der Waals surface area contributed by atoms with E-state index in [0.717, 1.165) is 23.3 Å². The third-order valence-electron chi connectivity index (χ3n) is 3.34. The van der Waals surface area contributed by atoms with Crippen LogP contribution in [0.5, 0.6) is 0 Å². The Labute approximate surface area is 117 Å². The first-order chi connectivity index (χ1) is 9.79. The average Bonchev–Trinajstić information content (AvgIpc) is 2.91. The van der Waals surface area contributed by atoms with Crippen LogP contribution in [-0.4, -0.2) is 6.54 Å². The lowest BCUT2D eigenvalue weighted by Gasteiger charge is -2.15. The Bertz CT molecular complexity index is 705. The number of para-hydroxylation sites is 1. The van der Waals surface area contributed by atoms with Gasteiger partial charge in [0.05, 0.1) is 6.04 Å². The zero-order valence-corrected chi connectivity index (χ0v) is 11.3. The third-order valence-corrected chi connectivity index (χ3v) is 3.34. The second-order valence-corrected chi connectivity index (χ2v) is 4.71. The van der Waals surface area contributed by atoms with Gasteiger partial charge >= 0.3 is 0 Å². The van der Waals surface area contributed by atoms with Gasteiger partial charge in [-0.1, -0.05) is 49.4 Å². The molecular formula is C17H16FNO. The van der Waals surface area contributed by atoms with Crippen molar-refractivity contribution in [2.24, 2.45) is 0 Å². The summed E-state index contributed by atoms with van der Waals surface area (Å²) in [5.41, 5.74) is 1.43. The molecule has 102 valence electrons. The predicted molar refractivity (Wildman–Crippen MR) is 78.1 cm³/mol. The summed E-state index contributed by atoms with van der Waals surface area (Å²) < 4.78 is 19.5. The van der Waals surface area contributed by atoms with Crippen LogP contribution < -0.4 is 5.32 Å². The molecule has 0 bridgehead atoms. The minimum Gasteiger partial charge on any atom is -0.456 e. The Morgan fingerprint density at radius 1 is 1.10 bits per heavy atom. The van der Waals surface area contributed by atoms with E-state index in [-0.39, 0.29) is 11.9 Å².